The number of halogens is 2. The molecule has 0 radical (unpaired) electrons. The number of rotatable bonds is 13. The number of carbonyl (C=O) groups is 5. The van der Waals surface area contributed by atoms with Crippen LogP contribution in [0.15, 0.2) is 54.6 Å². The summed E-state index contributed by atoms with van der Waals surface area (Å²) in [6.07, 6.45) is -0.724. The van der Waals surface area contributed by atoms with Crippen LogP contribution in [-0.2, 0) is 51.2 Å². The highest BCUT2D eigenvalue weighted by Crippen LogP contribution is 2.33. The van der Waals surface area contributed by atoms with Crippen molar-refractivity contribution in [1.82, 2.24) is 10.6 Å². The predicted molar refractivity (Wildman–Crippen MR) is 216 cm³/mol. The van der Waals surface area contributed by atoms with E-state index in [0.29, 0.717) is 27.5 Å². The number of hydrogen-bond donors (Lipinski definition) is 4. The first-order chi connectivity index (χ1) is 26.7. The maximum absolute atomic E-state index is 13.8. The van der Waals surface area contributed by atoms with Crippen LogP contribution < -0.4 is 21.1 Å². The van der Waals surface area contributed by atoms with Crippen molar-refractivity contribution in [1.29, 1.82) is 0 Å². The molecule has 314 valence electrons. The van der Waals surface area contributed by atoms with Crippen LogP contribution in [0.1, 0.15) is 83.4 Å². The van der Waals surface area contributed by atoms with Crippen LogP contribution in [0.3, 0.4) is 0 Å². The molecule has 0 unspecified atom stereocenters. The van der Waals surface area contributed by atoms with E-state index >= 15 is 0 Å². The number of ether oxygens (including phenoxy) is 4. The quantitative estimate of drug-likeness (QED) is 0.116. The number of carbonyl (C=O) groups excluding carboxylic acids is 5. The van der Waals surface area contributed by atoms with E-state index in [4.69, 9.17) is 47.9 Å². The number of benzene rings is 2. The largest absolute Gasteiger partial charge is 0.495 e. The summed E-state index contributed by atoms with van der Waals surface area (Å²) in [4.78, 5) is 66.5. The van der Waals surface area contributed by atoms with Gasteiger partial charge < -0.3 is 40.4 Å². The molecule has 0 saturated carbocycles. The topological polar surface area (TPSA) is 193 Å². The molecule has 57 heavy (non-hydrogen) atoms. The summed E-state index contributed by atoms with van der Waals surface area (Å²) in [5, 5.41) is 16.4. The molecule has 2 aromatic rings. The van der Waals surface area contributed by atoms with Gasteiger partial charge in [0.15, 0.2) is 6.10 Å². The van der Waals surface area contributed by atoms with Crippen LogP contribution in [0.4, 0.5) is 0 Å². The fourth-order valence-corrected chi connectivity index (χ4v) is 6.38. The second-order valence-corrected chi connectivity index (χ2v) is 17.0. The molecule has 5 N–H and O–H groups in total. The lowest BCUT2D eigenvalue weighted by atomic mass is 9.90. The minimum absolute atomic E-state index is 0.0208. The summed E-state index contributed by atoms with van der Waals surface area (Å²) >= 11 is 13.1. The average Bonchev–Trinajstić information content (AvgIpc) is 3.16. The summed E-state index contributed by atoms with van der Waals surface area (Å²) < 4.78 is 22.4. The molecule has 6 atom stereocenters. The molecule has 1 heterocycles. The molecular formula is C42H57Cl2N3O10. The lowest BCUT2D eigenvalue weighted by Crippen LogP contribution is -2.51. The number of nitrogens with two attached hydrogens (primary N) is 1. The van der Waals surface area contributed by atoms with Crippen molar-refractivity contribution in [2.45, 2.75) is 104 Å². The second kappa shape index (κ2) is 21.0. The highest BCUT2D eigenvalue weighted by atomic mass is 35.5. The maximum Gasteiger partial charge on any atom is 0.347 e. The monoisotopic (exact) mass is 833 g/mol. The first-order valence-electron chi connectivity index (χ1n) is 19.0. The number of esters is 3. The van der Waals surface area contributed by atoms with Crippen molar-refractivity contribution in [3.8, 4) is 5.75 Å². The zero-order chi connectivity index (χ0) is 42.7. The van der Waals surface area contributed by atoms with Crippen molar-refractivity contribution in [3.05, 3.63) is 76.3 Å². The van der Waals surface area contributed by atoms with Gasteiger partial charge in [-0.25, -0.2) is 4.79 Å². The third kappa shape index (κ3) is 13.7. The Labute approximate surface area is 345 Å². The molecule has 13 nitrogen and oxygen atoms in total. The van der Waals surface area contributed by atoms with E-state index in [1.54, 1.807) is 77.1 Å². The number of hydrogen-bond acceptors (Lipinski definition) is 11. The van der Waals surface area contributed by atoms with Crippen LogP contribution >= 0.6 is 23.2 Å². The van der Waals surface area contributed by atoms with Gasteiger partial charge >= 0.3 is 17.9 Å². The average molecular weight is 835 g/mol. The van der Waals surface area contributed by atoms with Gasteiger partial charge in [-0.2, -0.15) is 0 Å². The molecule has 1 aliphatic heterocycles. The number of nitrogens with one attached hydrogen (secondary N) is 2. The Hall–Kier alpha value is -4.17. The van der Waals surface area contributed by atoms with Gasteiger partial charge in [0.1, 0.15) is 24.5 Å². The van der Waals surface area contributed by atoms with Gasteiger partial charge in [0.2, 0.25) is 11.8 Å². The van der Waals surface area contributed by atoms with E-state index in [1.807, 2.05) is 13.8 Å². The van der Waals surface area contributed by atoms with Crippen molar-refractivity contribution in [2.24, 2.45) is 28.4 Å². The molecule has 1 aliphatic rings. The Morgan fingerprint density at radius 3 is 2.30 bits per heavy atom. The molecule has 0 aliphatic carbocycles. The number of alkyl halides is 1. The Balaban J connectivity index is 1.90. The molecule has 0 saturated heterocycles. The molecule has 2 amide bonds. The minimum Gasteiger partial charge on any atom is -0.495 e. The van der Waals surface area contributed by atoms with Crippen molar-refractivity contribution < 1.29 is 48.0 Å². The van der Waals surface area contributed by atoms with Crippen molar-refractivity contribution in [3.63, 3.8) is 0 Å². The highest BCUT2D eigenvalue weighted by Gasteiger charge is 2.39. The standard InChI is InChI=1S/C42H57Cl2N3O10/c1-24(2)18-33-38(51)56-31(25(3)36(49)35(44)28-15-12-26(13-16-28)21-55-39(52)41(4,5)22-45)10-9-11-34(48)47-30(20-27-14-17-32(54-8)29(43)19-27)37(50)46-23-42(6,7)40(53)57-33/h9,11-17,19,24-25,30-31,33,35-36,49H,10,18,20-23,45H2,1-8H3,(H,46,50)(H,47,48)/b11-9+/t25-,30+,31-,33-,35-,36+/m0/s1. The van der Waals surface area contributed by atoms with E-state index < -0.39 is 76.2 Å². The van der Waals surface area contributed by atoms with Gasteiger partial charge in [0.05, 0.1) is 34.4 Å². The fourth-order valence-electron chi connectivity index (χ4n) is 5.73. The molecular weight excluding hydrogens is 777 g/mol. The molecule has 0 bridgehead atoms. The van der Waals surface area contributed by atoms with Crippen LogP contribution in [0.2, 0.25) is 5.02 Å². The SMILES string of the molecule is COc1ccc(C[C@H]2NC(=O)/C=C/C[C@@H]([C@H](C)[C@@H](O)[C@@H](Cl)c3ccc(COC(=O)C(C)(C)CN)cc3)OC(=O)[C@H](CC(C)C)OC(=O)C(C)(C)CNC2=O)cc1Cl. The molecule has 0 fully saturated rings. The Morgan fingerprint density at radius 2 is 1.70 bits per heavy atom. The predicted octanol–water partition coefficient (Wildman–Crippen LogP) is 5.35. The van der Waals surface area contributed by atoms with Crippen molar-refractivity contribution in [2.75, 3.05) is 20.2 Å². The van der Waals surface area contributed by atoms with E-state index in [1.165, 1.54) is 19.3 Å². The van der Waals surface area contributed by atoms with Crippen molar-refractivity contribution >= 4 is 52.9 Å². The van der Waals surface area contributed by atoms with Crippen LogP contribution in [0.25, 0.3) is 0 Å². The molecule has 0 aromatic heterocycles. The van der Waals surface area contributed by atoms with Gasteiger partial charge in [-0.3, -0.25) is 19.2 Å². The Kier molecular flexibility index (Phi) is 17.4. The second-order valence-electron chi connectivity index (χ2n) is 16.1. The summed E-state index contributed by atoms with van der Waals surface area (Å²) in [5.74, 6) is -3.59. The van der Waals surface area contributed by atoms with E-state index in [2.05, 4.69) is 10.6 Å². The number of methoxy groups -OCH3 is 1. The van der Waals surface area contributed by atoms with Crippen LogP contribution in [0, 0.1) is 22.7 Å². The molecule has 2 aromatic carbocycles. The normalized spacial score (nSPS) is 21.9. The Bertz CT molecular complexity index is 1750. The van der Waals surface area contributed by atoms with Gasteiger partial charge in [0, 0.05) is 31.8 Å². The summed E-state index contributed by atoms with van der Waals surface area (Å²) in [6, 6.07) is 10.8. The fraction of sp³-hybridized carbons (Fsp3) is 0.548. The first kappa shape index (κ1) is 47.2. The smallest absolute Gasteiger partial charge is 0.347 e. The van der Waals surface area contributed by atoms with E-state index in [-0.39, 0.29) is 44.9 Å². The molecule has 0 spiro atoms. The van der Waals surface area contributed by atoms with Crippen LogP contribution in [0.5, 0.6) is 5.75 Å². The van der Waals surface area contributed by atoms with Gasteiger partial charge in [-0.1, -0.05) is 68.8 Å². The lowest BCUT2D eigenvalue weighted by Gasteiger charge is -2.32. The maximum atomic E-state index is 13.8. The first-order valence-corrected chi connectivity index (χ1v) is 19.8. The lowest BCUT2D eigenvalue weighted by molar-refractivity contribution is -0.180. The number of aliphatic hydroxyl groups is 1. The number of aliphatic hydroxyl groups excluding tert-OH is 1. The molecule has 3 rings (SSSR count). The zero-order valence-corrected chi connectivity index (χ0v) is 35.4. The molecule has 15 heteroatoms. The van der Waals surface area contributed by atoms with E-state index in [9.17, 15) is 29.1 Å². The summed E-state index contributed by atoms with van der Waals surface area (Å²) in [6.45, 7) is 11.9. The third-order valence-corrected chi connectivity index (χ3v) is 10.6. The van der Waals surface area contributed by atoms with Gasteiger partial charge in [-0.15, -0.1) is 11.6 Å². The summed E-state index contributed by atoms with van der Waals surface area (Å²) in [5.41, 5.74) is 5.46. The number of cyclic esters (lactones) is 2. The zero-order valence-electron chi connectivity index (χ0n) is 33.9. The third-order valence-electron chi connectivity index (χ3n) is 9.80. The van der Waals surface area contributed by atoms with Gasteiger partial charge in [-0.05, 0) is 74.9 Å². The van der Waals surface area contributed by atoms with Gasteiger partial charge in [0.25, 0.3) is 0 Å². The summed E-state index contributed by atoms with van der Waals surface area (Å²) in [7, 11) is 1.48. The van der Waals surface area contributed by atoms with Crippen LogP contribution in [-0.4, -0.2) is 79.4 Å². The minimum atomic E-state index is -1.30. The number of amides is 2. The van der Waals surface area contributed by atoms with E-state index in [0.717, 1.165) is 0 Å². The highest BCUT2D eigenvalue weighted by molar-refractivity contribution is 6.32. The Morgan fingerprint density at radius 1 is 1.05 bits per heavy atom.